The lowest BCUT2D eigenvalue weighted by Gasteiger charge is -2.32. The molecule has 106 valence electrons. The van der Waals surface area contributed by atoms with E-state index in [4.69, 9.17) is 9.47 Å². The Morgan fingerprint density at radius 3 is 1.94 bits per heavy atom. The van der Waals surface area contributed by atoms with Crippen molar-refractivity contribution in [3.05, 3.63) is 12.7 Å². The van der Waals surface area contributed by atoms with E-state index in [0.717, 1.165) is 0 Å². The molecule has 1 N–H and O–H groups in total. The van der Waals surface area contributed by atoms with Crippen molar-refractivity contribution in [1.82, 2.24) is 5.32 Å². The highest BCUT2D eigenvalue weighted by Gasteiger charge is 2.24. The molecule has 0 aliphatic rings. The van der Waals surface area contributed by atoms with Gasteiger partial charge in [0.05, 0.1) is 11.2 Å². The number of carbonyl (C=O) groups is 1. The van der Waals surface area contributed by atoms with Crippen LogP contribution in [0.2, 0.25) is 0 Å². The van der Waals surface area contributed by atoms with E-state index < -0.39 is 0 Å². The van der Waals surface area contributed by atoms with Gasteiger partial charge in [0.1, 0.15) is 0 Å². The highest BCUT2D eigenvalue weighted by Crippen LogP contribution is 2.19. The summed E-state index contributed by atoms with van der Waals surface area (Å²) in [5.41, 5.74) is -0.559. The molecule has 0 atom stereocenters. The van der Waals surface area contributed by atoms with Crippen molar-refractivity contribution in [2.24, 2.45) is 0 Å². The number of hydrogen-bond acceptors (Lipinski definition) is 3. The van der Waals surface area contributed by atoms with Crippen LogP contribution in [0.1, 0.15) is 48.0 Å². The fourth-order valence-electron chi connectivity index (χ4n) is 1.32. The summed E-state index contributed by atoms with van der Waals surface area (Å²) < 4.78 is 11.7. The van der Waals surface area contributed by atoms with Crippen LogP contribution < -0.4 is 5.32 Å². The summed E-state index contributed by atoms with van der Waals surface area (Å²) in [5, 5.41) is 2.72. The molecule has 0 aromatic carbocycles. The van der Waals surface area contributed by atoms with Crippen molar-refractivity contribution < 1.29 is 14.3 Å². The molecule has 4 nitrogen and oxygen atoms in total. The van der Waals surface area contributed by atoms with E-state index in [2.05, 4.69) is 11.9 Å². The second kappa shape index (κ2) is 6.90. The third kappa shape index (κ3) is 10.3. The Kier molecular flexibility index (Phi) is 6.57. The van der Waals surface area contributed by atoms with E-state index in [1.54, 1.807) is 0 Å². The van der Waals surface area contributed by atoms with Crippen LogP contribution in [-0.4, -0.2) is 29.9 Å². The van der Waals surface area contributed by atoms with Crippen LogP contribution in [0.15, 0.2) is 12.7 Å². The third-order valence-corrected chi connectivity index (χ3v) is 1.83. The van der Waals surface area contributed by atoms with E-state index in [9.17, 15) is 4.79 Å². The maximum atomic E-state index is 11.1. The van der Waals surface area contributed by atoms with E-state index in [1.165, 1.54) is 6.08 Å². The van der Waals surface area contributed by atoms with Gasteiger partial charge in [0.15, 0.2) is 6.29 Å². The molecular weight excluding hydrogens is 230 g/mol. The first-order valence-corrected chi connectivity index (χ1v) is 6.29. The molecule has 1 amide bonds. The van der Waals surface area contributed by atoms with E-state index in [0.29, 0.717) is 13.0 Å². The quantitative estimate of drug-likeness (QED) is 0.588. The molecule has 0 saturated heterocycles. The number of amides is 1. The Bertz CT molecular complexity index is 258. The lowest BCUT2D eigenvalue weighted by atomic mass is 10.1. The van der Waals surface area contributed by atoms with Crippen LogP contribution in [0.5, 0.6) is 0 Å². The molecule has 0 bridgehead atoms. The standard InChI is InChI=1S/C14H27NO3/c1-8-11(16)15-10-9-12(17-13(2,3)4)18-14(5,6)7/h8,12H,1,9-10H2,2-7H3,(H,15,16). The molecule has 0 radical (unpaired) electrons. The second-order valence-electron chi connectivity index (χ2n) is 6.17. The maximum absolute atomic E-state index is 11.1. The Hall–Kier alpha value is -0.870. The average molecular weight is 257 g/mol. The zero-order valence-corrected chi connectivity index (χ0v) is 12.5. The Labute approximate surface area is 111 Å². The number of hydrogen-bond donors (Lipinski definition) is 1. The Morgan fingerprint density at radius 2 is 1.61 bits per heavy atom. The Morgan fingerprint density at radius 1 is 1.17 bits per heavy atom. The number of rotatable bonds is 6. The summed E-state index contributed by atoms with van der Waals surface area (Å²) in [6.45, 7) is 15.8. The van der Waals surface area contributed by atoms with Crippen molar-refractivity contribution in [3.63, 3.8) is 0 Å². The summed E-state index contributed by atoms with van der Waals surface area (Å²) in [6.07, 6.45) is 1.52. The van der Waals surface area contributed by atoms with Crippen LogP contribution in [0, 0.1) is 0 Å². The van der Waals surface area contributed by atoms with Crippen LogP contribution in [0.3, 0.4) is 0 Å². The maximum Gasteiger partial charge on any atom is 0.243 e. The van der Waals surface area contributed by atoms with Gasteiger partial charge in [-0.15, -0.1) is 0 Å². The second-order valence-corrected chi connectivity index (χ2v) is 6.17. The highest BCUT2D eigenvalue weighted by molar-refractivity contribution is 5.86. The van der Waals surface area contributed by atoms with Gasteiger partial charge < -0.3 is 14.8 Å². The minimum Gasteiger partial charge on any atom is -0.352 e. The van der Waals surface area contributed by atoms with E-state index in [1.807, 2.05) is 41.5 Å². The van der Waals surface area contributed by atoms with Gasteiger partial charge in [-0.3, -0.25) is 4.79 Å². The fourth-order valence-corrected chi connectivity index (χ4v) is 1.32. The summed E-state index contributed by atoms with van der Waals surface area (Å²) in [4.78, 5) is 11.1. The van der Waals surface area contributed by atoms with Crippen molar-refractivity contribution >= 4 is 5.91 Å². The first-order chi connectivity index (χ1) is 8.03. The van der Waals surface area contributed by atoms with Crippen molar-refractivity contribution in [2.45, 2.75) is 65.5 Å². The van der Waals surface area contributed by atoms with Crippen LogP contribution in [0.4, 0.5) is 0 Å². The molecule has 0 fully saturated rings. The van der Waals surface area contributed by atoms with Crippen molar-refractivity contribution in [2.75, 3.05) is 6.54 Å². The predicted molar refractivity (Wildman–Crippen MR) is 73.3 cm³/mol. The van der Waals surface area contributed by atoms with E-state index in [-0.39, 0.29) is 23.4 Å². The van der Waals surface area contributed by atoms with Crippen LogP contribution in [0.25, 0.3) is 0 Å². The topological polar surface area (TPSA) is 47.6 Å². The smallest absolute Gasteiger partial charge is 0.243 e. The molecule has 0 spiro atoms. The monoisotopic (exact) mass is 257 g/mol. The van der Waals surface area contributed by atoms with Gasteiger partial charge in [-0.25, -0.2) is 0 Å². The van der Waals surface area contributed by atoms with Gasteiger partial charge in [-0.2, -0.15) is 0 Å². The van der Waals surface area contributed by atoms with Crippen molar-refractivity contribution in [3.8, 4) is 0 Å². The zero-order chi connectivity index (χ0) is 14.4. The first-order valence-electron chi connectivity index (χ1n) is 6.29. The molecule has 0 aliphatic heterocycles. The fraction of sp³-hybridized carbons (Fsp3) is 0.786. The minimum absolute atomic E-state index is 0.180. The van der Waals surface area contributed by atoms with Crippen molar-refractivity contribution in [1.29, 1.82) is 0 Å². The third-order valence-electron chi connectivity index (χ3n) is 1.83. The molecule has 0 aliphatic carbocycles. The number of carbonyl (C=O) groups excluding carboxylic acids is 1. The summed E-state index contributed by atoms with van der Waals surface area (Å²) in [5.74, 6) is -0.180. The SMILES string of the molecule is C=CC(=O)NCCC(OC(C)(C)C)OC(C)(C)C. The lowest BCUT2D eigenvalue weighted by molar-refractivity contribution is -0.235. The van der Waals surface area contributed by atoms with Gasteiger partial charge in [-0.1, -0.05) is 6.58 Å². The van der Waals surface area contributed by atoms with Gasteiger partial charge in [-0.05, 0) is 47.6 Å². The van der Waals surface area contributed by atoms with E-state index >= 15 is 0 Å². The molecule has 4 heteroatoms. The molecule has 0 rings (SSSR count). The lowest BCUT2D eigenvalue weighted by Crippen LogP contribution is -2.37. The van der Waals surface area contributed by atoms with Crippen LogP contribution in [-0.2, 0) is 14.3 Å². The van der Waals surface area contributed by atoms with Gasteiger partial charge in [0, 0.05) is 13.0 Å². The largest absolute Gasteiger partial charge is 0.352 e. The molecule has 18 heavy (non-hydrogen) atoms. The first kappa shape index (κ1) is 17.1. The normalized spacial score (nSPS) is 12.6. The molecule has 0 aromatic rings. The molecule has 0 aromatic heterocycles. The molecule has 0 heterocycles. The highest BCUT2D eigenvalue weighted by atomic mass is 16.7. The minimum atomic E-state index is -0.338. The van der Waals surface area contributed by atoms with Gasteiger partial charge in [0.25, 0.3) is 0 Å². The average Bonchev–Trinajstić information content (AvgIpc) is 2.12. The summed E-state index contributed by atoms with van der Waals surface area (Å²) >= 11 is 0. The summed E-state index contributed by atoms with van der Waals surface area (Å²) in [6, 6.07) is 0. The summed E-state index contributed by atoms with van der Waals surface area (Å²) in [7, 11) is 0. The predicted octanol–water partition coefficient (Wildman–Crippen LogP) is 2.64. The van der Waals surface area contributed by atoms with Gasteiger partial charge >= 0.3 is 0 Å². The molecule has 0 saturated carbocycles. The zero-order valence-electron chi connectivity index (χ0n) is 12.5. The van der Waals surface area contributed by atoms with Gasteiger partial charge in [0.2, 0.25) is 5.91 Å². The van der Waals surface area contributed by atoms with Crippen LogP contribution >= 0.6 is 0 Å². The Balaban J connectivity index is 4.30. The molecule has 0 unspecified atom stereocenters. The number of ether oxygens (including phenoxy) is 2. The number of nitrogens with one attached hydrogen (secondary N) is 1. The molecular formula is C14H27NO3.